The standard InChI is InChI=1S/C17H18N4/c1-2-6-16-19-14-9-10-15-13(17(14)20-16)11-18-21(15)12-7-4-3-5-8-12/h3-5,7-8,11H,2,6,9-10H2,1H3,(H,19,20). The topological polar surface area (TPSA) is 46.5 Å². The molecular weight excluding hydrogens is 260 g/mol. The molecule has 2 aromatic heterocycles. The van der Waals surface area contributed by atoms with E-state index in [4.69, 9.17) is 4.98 Å². The zero-order valence-corrected chi connectivity index (χ0v) is 12.1. The second kappa shape index (κ2) is 4.88. The number of aromatic nitrogens is 4. The number of nitrogens with one attached hydrogen (secondary N) is 1. The average Bonchev–Trinajstić information content (AvgIpc) is 3.11. The first-order chi connectivity index (χ1) is 10.4. The van der Waals surface area contributed by atoms with Crippen molar-refractivity contribution < 1.29 is 0 Å². The van der Waals surface area contributed by atoms with E-state index in [1.165, 1.54) is 17.0 Å². The Morgan fingerprint density at radius 1 is 1.19 bits per heavy atom. The van der Waals surface area contributed by atoms with Gasteiger partial charge in [-0.2, -0.15) is 5.10 Å². The average molecular weight is 278 g/mol. The zero-order chi connectivity index (χ0) is 14.2. The SMILES string of the molecule is CCCc1nc2c([nH]1)CCc1c-2cnn1-c1ccccc1. The smallest absolute Gasteiger partial charge is 0.106 e. The van der Waals surface area contributed by atoms with Crippen LogP contribution in [0, 0.1) is 0 Å². The molecule has 0 saturated carbocycles. The first-order valence-corrected chi connectivity index (χ1v) is 7.57. The summed E-state index contributed by atoms with van der Waals surface area (Å²) < 4.78 is 2.05. The Bertz CT molecular complexity index is 767. The molecule has 0 bridgehead atoms. The maximum Gasteiger partial charge on any atom is 0.106 e. The van der Waals surface area contributed by atoms with E-state index in [1.54, 1.807) is 0 Å². The summed E-state index contributed by atoms with van der Waals surface area (Å²) in [6, 6.07) is 10.3. The summed E-state index contributed by atoms with van der Waals surface area (Å²) >= 11 is 0. The molecule has 0 spiro atoms. The number of hydrogen-bond acceptors (Lipinski definition) is 2. The van der Waals surface area contributed by atoms with Crippen molar-refractivity contribution in [3.8, 4) is 16.9 Å². The summed E-state index contributed by atoms with van der Waals surface area (Å²) in [5.41, 5.74) is 5.92. The highest BCUT2D eigenvalue weighted by Crippen LogP contribution is 2.33. The minimum atomic E-state index is 1.00. The number of para-hydroxylation sites is 1. The number of imidazole rings is 1. The molecule has 4 nitrogen and oxygen atoms in total. The summed E-state index contributed by atoms with van der Waals surface area (Å²) in [5.74, 6) is 1.10. The Hall–Kier alpha value is -2.36. The first-order valence-electron chi connectivity index (χ1n) is 7.57. The van der Waals surface area contributed by atoms with Crippen molar-refractivity contribution in [1.29, 1.82) is 0 Å². The van der Waals surface area contributed by atoms with Gasteiger partial charge in [0.15, 0.2) is 0 Å². The number of hydrogen-bond donors (Lipinski definition) is 1. The second-order valence-electron chi connectivity index (χ2n) is 5.51. The molecule has 0 saturated heterocycles. The van der Waals surface area contributed by atoms with Gasteiger partial charge in [0.25, 0.3) is 0 Å². The molecule has 0 unspecified atom stereocenters. The normalized spacial score (nSPS) is 13.0. The van der Waals surface area contributed by atoms with Crippen molar-refractivity contribution in [1.82, 2.24) is 19.7 Å². The van der Waals surface area contributed by atoms with Gasteiger partial charge >= 0.3 is 0 Å². The molecule has 4 rings (SSSR count). The van der Waals surface area contributed by atoms with Gasteiger partial charge < -0.3 is 4.98 Å². The summed E-state index contributed by atoms with van der Waals surface area (Å²) in [6.45, 7) is 2.18. The predicted molar refractivity (Wildman–Crippen MR) is 82.5 cm³/mol. The minimum Gasteiger partial charge on any atom is -0.345 e. The van der Waals surface area contributed by atoms with E-state index in [2.05, 4.69) is 29.1 Å². The zero-order valence-electron chi connectivity index (χ0n) is 12.1. The Labute approximate surface area is 123 Å². The van der Waals surface area contributed by atoms with E-state index >= 15 is 0 Å². The Morgan fingerprint density at radius 3 is 2.86 bits per heavy atom. The number of H-pyrrole nitrogens is 1. The number of rotatable bonds is 3. The van der Waals surface area contributed by atoms with Crippen LogP contribution in [0.25, 0.3) is 16.9 Å². The highest BCUT2D eigenvalue weighted by Gasteiger charge is 2.24. The second-order valence-corrected chi connectivity index (χ2v) is 5.51. The number of fused-ring (bicyclic) bond motifs is 3. The van der Waals surface area contributed by atoms with E-state index in [-0.39, 0.29) is 0 Å². The van der Waals surface area contributed by atoms with Crippen molar-refractivity contribution in [3.63, 3.8) is 0 Å². The lowest BCUT2D eigenvalue weighted by Gasteiger charge is -2.13. The molecule has 0 aliphatic heterocycles. The van der Waals surface area contributed by atoms with E-state index in [0.717, 1.165) is 42.9 Å². The third-order valence-corrected chi connectivity index (χ3v) is 4.05. The van der Waals surface area contributed by atoms with Crippen LogP contribution in [0.15, 0.2) is 36.5 Å². The molecule has 0 atom stereocenters. The monoisotopic (exact) mass is 278 g/mol. The Kier molecular flexibility index (Phi) is 2.88. The Morgan fingerprint density at radius 2 is 2.05 bits per heavy atom. The molecule has 1 aromatic carbocycles. The fourth-order valence-electron chi connectivity index (χ4n) is 3.07. The molecular formula is C17H18N4. The first kappa shape index (κ1) is 12.4. The molecule has 0 amide bonds. The van der Waals surface area contributed by atoms with Crippen LogP contribution in [0.5, 0.6) is 0 Å². The lowest BCUT2D eigenvalue weighted by Crippen LogP contribution is -2.08. The van der Waals surface area contributed by atoms with Crippen molar-refractivity contribution in [3.05, 3.63) is 53.7 Å². The number of aryl methyl sites for hydroxylation is 2. The largest absolute Gasteiger partial charge is 0.345 e. The molecule has 0 fully saturated rings. The molecule has 21 heavy (non-hydrogen) atoms. The van der Waals surface area contributed by atoms with Gasteiger partial charge in [0, 0.05) is 17.7 Å². The lowest BCUT2D eigenvalue weighted by molar-refractivity contribution is 0.771. The van der Waals surface area contributed by atoms with Crippen molar-refractivity contribution in [2.24, 2.45) is 0 Å². The highest BCUT2D eigenvalue weighted by molar-refractivity contribution is 5.67. The quantitative estimate of drug-likeness (QED) is 0.799. The van der Waals surface area contributed by atoms with Crippen LogP contribution < -0.4 is 0 Å². The van der Waals surface area contributed by atoms with Crippen molar-refractivity contribution in [2.45, 2.75) is 32.6 Å². The summed E-state index contributed by atoms with van der Waals surface area (Å²) in [5, 5.41) is 4.58. The molecule has 4 heteroatoms. The predicted octanol–water partition coefficient (Wildman–Crippen LogP) is 3.31. The summed E-state index contributed by atoms with van der Waals surface area (Å²) in [6.07, 6.45) is 6.09. The van der Waals surface area contributed by atoms with Gasteiger partial charge in [0.2, 0.25) is 0 Å². The third-order valence-electron chi connectivity index (χ3n) is 4.05. The van der Waals surface area contributed by atoms with E-state index in [0.29, 0.717) is 0 Å². The van der Waals surface area contributed by atoms with Crippen LogP contribution in [-0.4, -0.2) is 19.7 Å². The summed E-state index contributed by atoms with van der Waals surface area (Å²) in [7, 11) is 0. The molecule has 106 valence electrons. The highest BCUT2D eigenvalue weighted by atomic mass is 15.3. The molecule has 1 aliphatic rings. The van der Waals surface area contributed by atoms with Crippen LogP contribution in [0.3, 0.4) is 0 Å². The molecule has 2 heterocycles. The van der Waals surface area contributed by atoms with Gasteiger partial charge in [-0.15, -0.1) is 0 Å². The molecule has 3 aromatic rings. The fraction of sp³-hybridized carbons (Fsp3) is 0.294. The third kappa shape index (κ3) is 1.98. The maximum atomic E-state index is 4.78. The van der Waals surface area contributed by atoms with Gasteiger partial charge in [-0.25, -0.2) is 9.67 Å². The number of benzene rings is 1. The van der Waals surface area contributed by atoms with Gasteiger partial charge in [0.05, 0.1) is 23.3 Å². The van der Waals surface area contributed by atoms with Crippen LogP contribution >= 0.6 is 0 Å². The molecule has 1 aliphatic carbocycles. The molecule has 0 radical (unpaired) electrons. The van der Waals surface area contributed by atoms with Crippen LogP contribution in [0.4, 0.5) is 0 Å². The van der Waals surface area contributed by atoms with Crippen LogP contribution in [-0.2, 0) is 19.3 Å². The Balaban J connectivity index is 1.80. The van der Waals surface area contributed by atoms with Crippen molar-refractivity contribution >= 4 is 0 Å². The number of nitrogens with zero attached hydrogens (tertiary/aromatic N) is 3. The minimum absolute atomic E-state index is 1.00. The van der Waals surface area contributed by atoms with Gasteiger partial charge in [-0.1, -0.05) is 25.1 Å². The van der Waals surface area contributed by atoms with Gasteiger partial charge in [-0.05, 0) is 31.4 Å². The summed E-state index contributed by atoms with van der Waals surface area (Å²) in [4.78, 5) is 8.26. The van der Waals surface area contributed by atoms with Gasteiger partial charge in [0.1, 0.15) is 5.82 Å². The van der Waals surface area contributed by atoms with E-state index in [1.807, 2.05) is 29.1 Å². The van der Waals surface area contributed by atoms with Gasteiger partial charge in [-0.3, -0.25) is 0 Å². The van der Waals surface area contributed by atoms with Crippen LogP contribution in [0.2, 0.25) is 0 Å². The van der Waals surface area contributed by atoms with E-state index < -0.39 is 0 Å². The fourth-order valence-corrected chi connectivity index (χ4v) is 3.07. The number of aromatic amines is 1. The van der Waals surface area contributed by atoms with E-state index in [9.17, 15) is 0 Å². The van der Waals surface area contributed by atoms with Crippen LogP contribution in [0.1, 0.15) is 30.6 Å². The van der Waals surface area contributed by atoms with Crippen molar-refractivity contribution in [2.75, 3.05) is 0 Å². The lowest BCUT2D eigenvalue weighted by atomic mass is 9.99. The molecule has 1 N–H and O–H groups in total. The maximum absolute atomic E-state index is 4.78.